The van der Waals surface area contributed by atoms with E-state index in [4.69, 9.17) is 0 Å². The summed E-state index contributed by atoms with van der Waals surface area (Å²) in [5.41, 5.74) is -0.0591. The van der Waals surface area contributed by atoms with Crippen LogP contribution in [0.15, 0.2) is 10.6 Å². The van der Waals surface area contributed by atoms with Crippen LogP contribution < -0.4 is 10.4 Å². The second-order valence-electron chi connectivity index (χ2n) is 8.60. The molecule has 0 aliphatic carbocycles. The van der Waals surface area contributed by atoms with Crippen molar-refractivity contribution in [3.05, 3.63) is 10.6 Å². The van der Waals surface area contributed by atoms with Gasteiger partial charge in [-0.25, -0.2) is 0 Å². The zero-order chi connectivity index (χ0) is 21.0. The third-order valence-corrected chi connectivity index (χ3v) is 7.75. The summed E-state index contributed by atoms with van der Waals surface area (Å²) in [6.07, 6.45) is -0.189. The number of likely N-dealkylation sites (tertiary alicyclic amines) is 1. The molecule has 6 atom stereocenters. The summed E-state index contributed by atoms with van der Waals surface area (Å²) in [6.45, 7) is 6.64. The maximum atomic E-state index is 12.4. The maximum absolute atomic E-state index is 12.4. The molecule has 2 amide bonds. The third kappa shape index (κ3) is 3.23. The molecule has 0 spiro atoms. The van der Waals surface area contributed by atoms with Gasteiger partial charge in [0.05, 0.1) is 55.6 Å². The molecular weight excluding hydrogens is 382 g/mol. The number of carbonyl (C=O) groups is 3. The Morgan fingerprint density at radius 2 is 2.07 bits per heavy atom. The van der Waals surface area contributed by atoms with Crippen LogP contribution in [0.3, 0.4) is 0 Å². The average molecular weight is 412 g/mol. The van der Waals surface area contributed by atoms with Crippen molar-refractivity contribution in [2.24, 2.45) is 11.8 Å². The minimum absolute atomic E-state index is 0.0114. The van der Waals surface area contributed by atoms with Crippen molar-refractivity contribution in [1.82, 2.24) is 10.2 Å². The molecule has 0 bridgehead atoms. The number of β-lactam (4-membered cyclic amide) rings is 1. The van der Waals surface area contributed by atoms with E-state index >= 15 is 0 Å². The van der Waals surface area contributed by atoms with Gasteiger partial charge in [-0.1, -0.05) is 6.92 Å². The lowest BCUT2D eigenvalue weighted by molar-refractivity contribution is -0.892. The van der Waals surface area contributed by atoms with Gasteiger partial charge in [-0.15, -0.1) is 11.8 Å². The predicted molar refractivity (Wildman–Crippen MR) is 102 cm³/mol. The summed E-state index contributed by atoms with van der Waals surface area (Å²) < 4.78 is 0.536. The fourth-order valence-corrected chi connectivity index (χ4v) is 6.66. The summed E-state index contributed by atoms with van der Waals surface area (Å²) in [4.78, 5) is 38.6. The number of thioether (sulfide) groups is 1. The first-order chi connectivity index (χ1) is 13.0. The molecule has 0 aromatic rings. The number of aliphatic carboxylic acids is 1. The van der Waals surface area contributed by atoms with Crippen molar-refractivity contribution in [3.8, 4) is 0 Å². The van der Waals surface area contributed by atoms with Gasteiger partial charge >= 0.3 is 0 Å². The van der Waals surface area contributed by atoms with E-state index in [-0.39, 0.29) is 40.8 Å². The average Bonchev–Trinajstić information content (AvgIpc) is 3.00. The number of amides is 2. The summed E-state index contributed by atoms with van der Waals surface area (Å²) in [6, 6.07) is -0.531. The van der Waals surface area contributed by atoms with Crippen LogP contribution in [0.4, 0.5) is 0 Å². The quantitative estimate of drug-likeness (QED) is 0.424. The lowest BCUT2D eigenvalue weighted by atomic mass is 9.79. The van der Waals surface area contributed by atoms with E-state index in [1.807, 2.05) is 27.9 Å². The van der Waals surface area contributed by atoms with Crippen LogP contribution in [0.25, 0.3) is 0 Å². The van der Waals surface area contributed by atoms with E-state index < -0.39 is 18.0 Å². The van der Waals surface area contributed by atoms with Gasteiger partial charge in [-0.3, -0.25) is 9.59 Å². The number of hydrogen-bond acceptors (Lipinski definition) is 6. The molecule has 3 aliphatic heterocycles. The first kappa shape index (κ1) is 21.1. The predicted octanol–water partition coefficient (Wildman–Crippen LogP) is -1.11. The van der Waals surface area contributed by atoms with Crippen LogP contribution in [0.5, 0.6) is 0 Å². The van der Waals surface area contributed by atoms with Gasteiger partial charge in [0, 0.05) is 23.8 Å². The third-order valence-electron chi connectivity index (χ3n) is 6.25. The number of fused-ring (bicyclic) bond motifs is 1. The Morgan fingerprint density at radius 1 is 1.43 bits per heavy atom. The highest BCUT2D eigenvalue weighted by molar-refractivity contribution is 8.03. The van der Waals surface area contributed by atoms with Crippen LogP contribution in [-0.2, 0) is 14.4 Å². The van der Waals surface area contributed by atoms with Gasteiger partial charge < -0.3 is 29.7 Å². The number of likely N-dealkylation sites (N-methyl/N-ethyl adjacent to an activating group) is 2. The topological polar surface area (TPSA) is 110 Å². The van der Waals surface area contributed by atoms with Gasteiger partial charge in [0.15, 0.2) is 6.04 Å². The highest BCUT2D eigenvalue weighted by Gasteiger charge is 2.59. The second kappa shape index (κ2) is 7.35. The number of rotatable bonds is 6. The fourth-order valence-electron chi connectivity index (χ4n) is 4.91. The molecule has 28 heavy (non-hydrogen) atoms. The van der Waals surface area contributed by atoms with Crippen molar-refractivity contribution in [2.75, 3.05) is 27.2 Å². The first-order valence-corrected chi connectivity index (χ1v) is 10.6. The van der Waals surface area contributed by atoms with Crippen molar-refractivity contribution >= 4 is 29.5 Å². The molecule has 156 valence electrons. The minimum atomic E-state index is -1.36. The lowest BCUT2D eigenvalue weighted by Crippen LogP contribution is -2.64. The van der Waals surface area contributed by atoms with Gasteiger partial charge in [0.2, 0.25) is 5.91 Å². The van der Waals surface area contributed by atoms with E-state index in [9.17, 15) is 24.6 Å². The number of quaternary nitrogens is 1. The molecule has 0 saturated carbocycles. The van der Waals surface area contributed by atoms with Crippen LogP contribution in [-0.4, -0.2) is 82.9 Å². The summed E-state index contributed by atoms with van der Waals surface area (Å²) in [5, 5.41) is 24.7. The summed E-state index contributed by atoms with van der Waals surface area (Å²) in [7, 11) is 4.01. The molecule has 8 nitrogen and oxygen atoms in total. The Bertz CT molecular complexity index is 735. The summed E-state index contributed by atoms with van der Waals surface area (Å²) >= 11 is 1.45. The Hall–Kier alpha value is -1.58. The van der Waals surface area contributed by atoms with Crippen LogP contribution in [0.1, 0.15) is 27.2 Å². The number of nitrogens with zero attached hydrogens (tertiary/aromatic N) is 2. The number of carboxylic acids is 1. The zero-order valence-electron chi connectivity index (χ0n) is 17.0. The number of carboxylic acid groups (broad SMARTS) is 1. The first-order valence-electron chi connectivity index (χ1n) is 9.74. The number of aliphatic hydroxyl groups is 1. The van der Waals surface area contributed by atoms with Crippen LogP contribution >= 0.6 is 11.8 Å². The van der Waals surface area contributed by atoms with E-state index in [0.717, 1.165) is 6.54 Å². The monoisotopic (exact) mass is 411 g/mol. The van der Waals surface area contributed by atoms with Crippen molar-refractivity contribution < 1.29 is 29.1 Å². The van der Waals surface area contributed by atoms with Gasteiger partial charge in [0.1, 0.15) is 0 Å². The SMILES string of the molecule is CCNC(=O)C1CC(SC2=C(C(=O)[O-])N3C(=O)C(C(C)O)[C@@H]3C2C)C[N+]1(C)C. The highest BCUT2D eigenvalue weighted by atomic mass is 32.2. The number of hydrogen-bond donors (Lipinski definition) is 2. The second-order valence-corrected chi connectivity index (χ2v) is 9.94. The lowest BCUT2D eigenvalue weighted by Gasteiger charge is -2.47. The van der Waals surface area contributed by atoms with Gasteiger partial charge in [-0.2, -0.15) is 0 Å². The fraction of sp³-hybridized carbons (Fsp3) is 0.737. The van der Waals surface area contributed by atoms with Crippen molar-refractivity contribution in [1.29, 1.82) is 0 Å². The molecule has 9 heteroatoms. The molecule has 5 unspecified atom stereocenters. The molecule has 2 saturated heterocycles. The molecule has 3 rings (SSSR count). The standard InChI is InChI=1S/C19H29N3O5S/c1-6-20-17(24)12-7-11(8-22(12,4)5)28-16-9(2)14-13(10(3)23)18(25)21(14)15(16)19(26)27/h9-14,23H,6-8H2,1-5H3,(H-,20,24,26,27)/t9?,10?,11?,12?,13?,14-/m0/s1. The number of aliphatic hydroxyl groups excluding tert-OH is 1. The largest absolute Gasteiger partial charge is 0.543 e. The molecule has 0 aromatic carbocycles. The van der Waals surface area contributed by atoms with Crippen LogP contribution in [0, 0.1) is 11.8 Å². The number of nitrogens with one attached hydrogen (secondary N) is 1. The Morgan fingerprint density at radius 3 is 2.61 bits per heavy atom. The Balaban J connectivity index is 1.83. The van der Waals surface area contributed by atoms with E-state index in [0.29, 0.717) is 22.4 Å². The van der Waals surface area contributed by atoms with Crippen LogP contribution in [0.2, 0.25) is 0 Å². The molecule has 2 N–H and O–H groups in total. The molecular formula is C19H29N3O5S. The van der Waals surface area contributed by atoms with E-state index in [1.54, 1.807) is 6.92 Å². The van der Waals surface area contributed by atoms with E-state index in [1.165, 1.54) is 16.7 Å². The van der Waals surface area contributed by atoms with E-state index in [2.05, 4.69) is 5.32 Å². The van der Waals surface area contributed by atoms with Crippen molar-refractivity contribution in [2.45, 2.75) is 50.6 Å². The maximum Gasteiger partial charge on any atom is 0.278 e. The smallest absolute Gasteiger partial charge is 0.278 e. The molecule has 0 aromatic heterocycles. The Labute approximate surface area is 169 Å². The zero-order valence-corrected chi connectivity index (χ0v) is 17.8. The minimum Gasteiger partial charge on any atom is -0.543 e. The van der Waals surface area contributed by atoms with Gasteiger partial charge in [0.25, 0.3) is 5.91 Å². The molecule has 0 radical (unpaired) electrons. The number of carbonyl (C=O) groups excluding carboxylic acids is 3. The highest BCUT2D eigenvalue weighted by Crippen LogP contribution is 2.52. The van der Waals surface area contributed by atoms with Crippen molar-refractivity contribution in [3.63, 3.8) is 0 Å². The Kier molecular flexibility index (Phi) is 5.55. The molecule has 3 heterocycles. The van der Waals surface area contributed by atoms with Gasteiger partial charge in [-0.05, 0) is 13.8 Å². The normalized spacial score (nSPS) is 34.9. The molecule has 3 aliphatic rings. The summed E-state index contributed by atoms with van der Waals surface area (Å²) in [5.74, 6) is -2.47. The molecule has 2 fully saturated rings.